The van der Waals surface area contributed by atoms with Gasteiger partial charge in [0.05, 0.1) is 23.8 Å². The lowest BCUT2D eigenvalue weighted by atomic mass is 9.75. The molecular formula is C34H35N3O10S2. The lowest BCUT2D eigenvalue weighted by Crippen LogP contribution is -2.39. The van der Waals surface area contributed by atoms with Gasteiger partial charge in [0.25, 0.3) is 0 Å². The number of phenols is 2. The fourth-order valence-corrected chi connectivity index (χ4v) is 7.40. The Kier molecular flexibility index (Phi) is 11.3. The van der Waals surface area contributed by atoms with Gasteiger partial charge in [-0.05, 0) is 48.3 Å². The number of Topliss-reactive ketones (excluding diaryl/α,β-unsaturated/α-hetero) is 1. The minimum absolute atomic E-state index is 0.0149. The number of rotatable bonds is 12. The summed E-state index contributed by atoms with van der Waals surface area (Å²) in [7, 11) is 7.39. The summed E-state index contributed by atoms with van der Waals surface area (Å²) in [5.41, 5.74) is -0.0383. The first kappa shape index (κ1) is 35.5. The van der Waals surface area contributed by atoms with E-state index < -0.39 is 53.6 Å². The van der Waals surface area contributed by atoms with Crippen molar-refractivity contribution in [3.8, 4) is 17.2 Å². The molecule has 2 amide bonds. The van der Waals surface area contributed by atoms with Crippen LogP contribution in [-0.4, -0.2) is 108 Å². The van der Waals surface area contributed by atoms with Crippen LogP contribution in [0.1, 0.15) is 49.4 Å². The predicted molar refractivity (Wildman–Crippen MR) is 181 cm³/mol. The van der Waals surface area contributed by atoms with Crippen LogP contribution in [0.5, 0.6) is 17.2 Å². The molecule has 2 aromatic carbocycles. The van der Waals surface area contributed by atoms with Crippen molar-refractivity contribution in [1.82, 2.24) is 14.8 Å². The molecule has 1 atom stereocenters. The summed E-state index contributed by atoms with van der Waals surface area (Å²) < 4.78 is 15.8. The van der Waals surface area contributed by atoms with Crippen LogP contribution in [0.25, 0.3) is 0 Å². The van der Waals surface area contributed by atoms with Crippen LogP contribution < -0.4 is 4.74 Å². The van der Waals surface area contributed by atoms with Gasteiger partial charge >= 0.3 is 12.2 Å². The largest absolute Gasteiger partial charge is 0.507 e. The van der Waals surface area contributed by atoms with Crippen molar-refractivity contribution in [2.45, 2.75) is 24.3 Å². The van der Waals surface area contributed by atoms with E-state index in [0.717, 1.165) is 5.03 Å². The van der Waals surface area contributed by atoms with E-state index in [1.807, 2.05) is 18.2 Å². The Morgan fingerprint density at radius 1 is 0.898 bits per heavy atom. The zero-order chi connectivity index (χ0) is 35.2. The fourth-order valence-electron chi connectivity index (χ4n) is 5.70. The molecule has 0 bridgehead atoms. The number of phenolic OH excluding ortho intramolecular Hbond substituents is 2. The Balaban J connectivity index is 1.11. The first-order valence-corrected chi connectivity index (χ1v) is 17.7. The lowest BCUT2D eigenvalue weighted by molar-refractivity contribution is -0.126. The number of ketones is 3. The van der Waals surface area contributed by atoms with Crippen molar-refractivity contribution in [2.24, 2.45) is 5.92 Å². The van der Waals surface area contributed by atoms with Gasteiger partial charge < -0.3 is 34.2 Å². The minimum atomic E-state index is -0.762. The zero-order valence-electron chi connectivity index (χ0n) is 27.1. The van der Waals surface area contributed by atoms with E-state index in [1.54, 1.807) is 19.3 Å². The summed E-state index contributed by atoms with van der Waals surface area (Å²) in [6, 6.07) is 10.2. The van der Waals surface area contributed by atoms with E-state index in [1.165, 1.54) is 57.7 Å². The highest BCUT2D eigenvalue weighted by molar-refractivity contribution is 8.76. The lowest BCUT2D eigenvalue weighted by Gasteiger charge is -2.29. The number of nitrogens with zero attached hydrogens (tertiary/aromatic N) is 3. The number of ether oxygens (including phenoxy) is 3. The maximum Gasteiger partial charge on any atom is 0.409 e. The van der Waals surface area contributed by atoms with Crippen molar-refractivity contribution in [3.63, 3.8) is 0 Å². The van der Waals surface area contributed by atoms with Crippen molar-refractivity contribution in [2.75, 3.05) is 53.3 Å². The highest BCUT2D eigenvalue weighted by atomic mass is 33.1. The molecule has 0 aliphatic heterocycles. The van der Waals surface area contributed by atoms with E-state index >= 15 is 0 Å². The molecule has 13 nitrogen and oxygen atoms in total. The van der Waals surface area contributed by atoms with Crippen LogP contribution in [-0.2, 0) is 27.1 Å². The van der Waals surface area contributed by atoms with Gasteiger partial charge in [0.15, 0.2) is 18.2 Å². The Morgan fingerprint density at radius 2 is 1.59 bits per heavy atom. The normalized spacial score (nSPS) is 14.6. The minimum Gasteiger partial charge on any atom is -0.507 e. The third-order valence-corrected chi connectivity index (χ3v) is 10.6. The van der Waals surface area contributed by atoms with Gasteiger partial charge in [-0.1, -0.05) is 29.0 Å². The topological polar surface area (TPSA) is 173 Å². The van der Waals surface area contributed by atoms with E-state index in [4.69, 9.17) is 14.2 Å². The number of aromatic nitrogens is 1. The third kappa shape index (κ3) is 7.62. The molecule has 0 spiro atoms. The van der Waals surface area contributed by atoms with Crippen molar-refractivity contribution in [1.29, 1.82) is 0 Å². The number of carbonyl (C=O) groups excluding carboxylic acids is 5. The van der Waals surface area contributed by atoms with E-state index in [-0.39, 0.29) is 72.5 Å². The van der Waals surface area contributed by atoms with Crippen LogP contribution in [0.4, 0.5) is 9.59 Å². The molecule has 0 radical (unpaired) electrons. The number of likely N-dealkylation sites (N-methyl/N-ethyl adjacent to an activating group) is 2. The maximum absolute atomic E-state index is 13.5. The van der Waals surface area contributed by atoms with Gasteiger partial charge in [-0.25, -0.2) is 14.6 Å². The molecule has 0 unspecified atom stereocenters. The summed E-state index contributed by atoms with van der Waals surface area (Å²) in [5.74, 6) is -2.45. The van der Waals surface area contributed by atoms with E-state index in [2.05, 4.69) is 4.98 Å². The first-order chi connectivity index (χ1) is 23.5. The number of benzene rings is 2. The second-order valence-corrected chi connectivity index (χ2v) is 13.9. The molecule has 2 N–H and O–H groups in total. The Morgan fingerprint density at radius 3 is 2.29 bits per heavy atom. The van der Waals surface area contributed by atoms with Crippen molar-refractivity contribution >= 4 is 51.1 Å². The summed E-state index contributed by atoms with van der Waals surface area (Å²) in [6.07, 6.45) is 0.799. The summed E-state index contributed by atoms with van der Waals surface area (Å²) in [4.78, 5) is 71.7. The zero-order valence-corrected chi connectivity index (χ0v) is 28.7. The van der Waals surface area contributed by atoms with Gasteiger partial charge in [0.2, 0.25) is 5.78 Å². The van der Waals surface area contributed by atoms with Crippen molar-refractivity contribution < 1.29 is 48.4 Å². The van der Waals surface area contributed by atoms with Gasteiger partial charge in [0.1, 0.15) is 28.9 Å². The van der Waals surface area contributed by atoms with Gasteiger partial charge in [-0.3, -0.25) is 14.4 Å². The average Bonchev–Trinajstić information content (AvgIpc) is 3.12. The summed E-state index contributed by atoms with van der Waals surface area (Å²) in [5, 5.41) is 23.2. The van der Waals surface area contributed by atoms with Crippen LogP contribution in [0.3, 0.4) is 0 Å². The monoisotopic (exact) mass is 709 g/mol. The highest BCUT2D eigenvalue weighted by Crippen LogP contribution is 2.47. The number of aromatic hydroxyl groups is 2. The van der Waals surface area contributed by atoms with Crippen LogP contribution in [0.2, 0.25) is 0 Å². The molecule has 258 valence electrons. The maximum atomic E-state index is 13.5. The summed E-state index contributed by atoms with van der Waals surface area (Å²) in [6.45, 7) is -0.0345. The number of hydrogen-bond donors (Lipinski definition) is 2. The quantitative estimate of drug-likeness (QED) is 0.120. The molecule has 0 fully saturated rings. The molecule has 5 rings (SSSR count). The molecule has 3 aromatic rings. The molecule has 2 aliphatic rings. The second-order valence-electron chi connectivity index (χ2n) is 11.4. The Bertz CT molecular complexity index is 1790. The number of fused-ring (bicyclic) bond motifs is 3. The molecule has 15 heteroatoms. The van der Waals surface area contributed by atoms with Crippen molar-refractivity contribution in [3.05, 3.63) is 76.0 Å². The SMILES string of the molecule is COc1cccc2c1C(=O)c1c(O)c3c(c(O)c1C2=O)C[C@@H](C(=O)COC(=O)N(C)CCN(C)C(=O)OCCSSc1ccccn1)CC3. The Labute approximate surface area is 290 Å². The molecule has 49 heavy (non-hydrogen) atoms. The van der Waals surface area contributed by atoms with Crippen LogP contribution in [0.15, 0.2) is 47.6 Å². The second kappa shape index (κ2) is 15.6. The number of amides is 2. The van der Waals surface area contributed by atoms with E-state index in [9.17, 15) is 34.2 Å². The molecule has 1 heterocycles. The standard InChI is InChI=1S/C34H35N3O10S2/c1-36(33(43)46-15-16-48-49-25-9-4-5-12-35-25)13-14-37(2)34(44)47-18-23(38)19-10-11-20-22(17-19)31(41)27-28(29(20)39)32(42)26-21(30(27)40)7-6-8-24(26)45-3/h4-9,12,19,39,41H,10-11,13-18H2,1-3H3/t19-/m0/s1. The van der Waals surface area contributed by atoms with Gasteiger partial charge in [-0.15, -0.1) is 0 Å². The number of hydrogen-bond acceptors (Lipinski definition) is 13. The summed E-state index contributed by atoms with van der Waals surface area (Å²) >= 11 is 0. The van der Waals surface area contributed by atoms with Crippen LogP contribution >= 0.6 is 21.6 Å². The molecular weight excluding hydrogens is 675 g/mol. The van der Waals surface area contributed by atoms with Gasteiger partial charge in [-0.2, -0.15) is 0 Å². The number of methoxy groups -OCH3 is 1. The molecule has 0 saturated carbocycles. The van der Waals surface area contributed by atoms with Gasteiger partial charge in [0, 0.05) is 61.7 Å². The average molecular weight is 710 g/mol. The molecule has 2 aliphatic carbocycles. The number of carbonyl (C=O) groups is 5. The first-order valence-electron chi connectivity index (χ1n) is 15.4. The Hall–Kier alpha value is -4.76. The smallest absolute Gasteiger partial charge is 0.409 e. The molecule has 1 aromatic heterocycles. The molecule has 0 saturated heterocycles. The fraction of sp³-hybridized carbons (Fsp3) is 0.353. The predicted octanol–water partition coefficient (Wildman–Crippen LogP) is 4.53. The van der Waals surface area contributed by atoms with Crippen LogP contribution in [0, 0.1) is 5.92 Å². The highest BCUT2D eigenvalue weighted by Gasteiger charge is 2.41. The number of pyridine rings is 1. The third-order valence-electron chi connectivity index (χ3n) is 8.39. The van der Waals surface area contributed by atoms with E-state index in [0.29, 0.717) is 11.3 Å².